The van der Waals surface area contributed by atoms with Crippen molar-refractivity contribution in [3.8, 4) is 0 Å². The number of hydrogen-bond acceptors (Lipinski definition) is 3. The lowest BCUT2D eigenvalue weighted by atomic mass is 9.74. The summed E-state index contributed by atoms with van der Waals surface area (Å²) < 4.78 is 5.33. The van der Waals surface area contributed by atoms with Crippen molar-refractivity contribution in [3.63, 3.8) is 0 Å². The Morgan fingerprint density at radius 2 is 1.94 bits per heavy atom. The fourth-order valence-corrected chi connectivity index (χ4v) is 2.79. The smallest absolute Gasteiger partial charge is 0.0596 e. The third-order valence-electron chi connectivity index (χ3n) is 4.41. The summed E-state index contributed by atoms with van der Waals surface area (Å²) in [7, 11) is 1.95. The minimum Gasteiger partial charge on any atom is -0.396 e. The van der Waals surface area contributed by atoms with Crippen LogP contribution in [0.5, 0.6) is 0 Å². The Labute approximate surface area is 109 Å². The number of ether oxygens (including phenoxy) is 1. The highest BCUT2D eigenvalue weighted by Gasteiger charge is 2.45. The molecule has 1 aromatic carbocycles. The van der Waals surface area contributed by atoms with Gasteiger partial charge in [-0.25, -0.2) is 0 Å². The van der Waals surface area contributed by atoms with Crippen LogP contribution in [0.1, 0.15) is 28.3 Å². The second kappa shape index (κ2) is 5.00. The molecule has 0 saturated carbocycles. The van der Waals surface area contributed by atoms with Crippen molar-refractivity contribution < 1.29 is 9.84 Å². The maximum Gasteiger partial charge on any atom is 0.0596 e. The maximum atomic E-state index is 9.69. The Bertz CT molecular complexity index is 433. The van der Waals surface area contributed by atoms with Crippen molar-refractivity contribution in [2.45, 2.75) is 26.8 Å². The highest BCUT2D eigenvalue weighted by atomic mass is 16.5. The van der Waals surface area contributed by atoms with Crippen molar-refractivity contribution in [2.24, 2.45) is 5.41 Å². The average Bonchev–Trinajstić information content (AvgIpc) is 2.32. The summed E-state index contributed by atoms with van der Waals surface area (Å²) >= 11 is 0. The van der Waals surface area contributed by atoms with Gasteiger partial charge in [0.15, 0.2) is 0 Å². The predicted molar refractivity (Wildman–Crippen MR) is 72.8 cm³/mol. The fourth-order valence-electron chi connectivity index (χ4n) is 2.79. The second-order valence-electron chi connectivity index (χ2n) is 5.46. The first kappa shape index (κ1) is 13.5. The van der Waals surface area contributed by atoms with Crippen LogP contribution in [0, 0.1) is 26.2 Å². The standard InChI is InChI=1S/C15H23NO2/c1-10-5-6-13(12(3)11(10)2)14(16-4)15(7-17)8-18-9-15/h5-6,14,16-17H,7-9H2,1-4H3. The van der Waals surface area contributed by atoms with Crippen molar-refractivity contribution in [1.82, 2.24) is 5.32 Å². The van der Waals surface area contributed by atoms with Gasteiger partial charge in [0.2, 0.25) is 0 Å². The van der Waals surface area contributed by atoms with Crippen molar-refractivity contribution >= 4 is 0 Å². The van der Waals surface area contributed by atoms with Crippen LogP contribution in [0.2, 0.25) is 0 Å². The highest BCUT2D eigenvalue weighted by molar-refractivity contribution is 5.41. The van der Waals surface area contributed by atoms with E-state index in [-0.39, 0.29) is 18.1 Å². The van der Waals surface area contributed by atoms with Crippen LogP contribution in [0.25, 0.3) is 0 Å². The molecule has 0 amide bonds. The van der Waals surface area contributed by atoms with E-state index in [2.05, 4.69) is 38.2 Å². The molecule has 3 nitrogen and oxygen atoms in total. The normalized spacial score (nSPS) is 19.4. The zero-order valence-corrected chi connectivity index (χ0v) is 11.7. The molecule has 0 aromatic heterocycles. The number of aliphatic hydroxyl groups is 1. The Balaban J connectivity index is 2.42. The van der Waals surface area contributed by atoms with Gasteiger partial charge < -0.3 is 15.2 Å². The number of aliphatic hydroxyl groups excluding tert-OH is 1. The predicted octanol–water partition coefficient (Wildman–Crippen LogP) is 1.88. The minimum atomic E-state index is -0.165. The summed E-state index contributed by atoms with van der Waals surface area (Å²) in [6, 6.07) is 4.48. The van der Waals surface area contributed by atoms with Crippen LogP contribution < -0.4 is 5.32 Å². The molecular weight excluding hydrogens is 226 g/mol. The van der Waals surface area contributed by atoms with E-state index in [9.17, 15) is 5.11 Å². The molecule has 1 fully saturated rings. The van der Waals surface area contributed by atoms with Gasteiger partial charge in [0.1, 0.15) is 0 Å². The molecule has 1 aliphatic rings. The molecule has 0 bridgehead atoms. The van der Waals surface area contributed by atoms with Gasteiger partial charge in [0.05, 0.1) is 25.2 Å². The zero-order chi connectivity index (χ0) is 13.3. The number of nitrogens with one attached hydrogen (secondary N) is 1. The molecule has 1 aliphatic heterocycles. The van der Waals surface area contributed by atoms with Crippen molar-refractivity contribution in [2.75, 3.05) is 26.9 Å². The van der Waals surface area contributed by atoms with Crippen LogP contribution in [0.15, 0.2) is 12.1 Å². The van der Waals surface area contributed by atoms with Gasteiger partial charge in [0.25, 0.3) is 0 Å². The molecular formula is C15H23NO2. The Hall–Kier alpha value is -0.900. The quantitative estimate of drug-likeness (QED) is 0.856. The third kappa shape index (κ3) is 1.96. The first-order valence-electron chi connectivity index (χ1n) is 6.48. The van der Waals surface area contributed by atoms with E-state index in [1.807, 2.05) is 7.05 Å². The molecule has 0 radical (unpaired) electrons. The Kier molecular flexibility index (Phi) is 3.76. The SMILES string of the molecule is CNC(c1ccc(C)c(C)c1C)C1(CO)COC1. The monoisotopic (exact) mass is 249 g/mol. The summed E-state index contributed by atoms with van der Waals surface area (Å²) in [5.41, 5.74) is 5.07. The average molecular weight is 249 g/mol. The minimum absolute atomic E-state index is 0.149. The largest absolute Gasteiger partial charge is 0.396 e. The van der Waals surface area contributed by atoms with E-state index in [0.29, 0.717) is 13.2 Å². The number of rotatable bonds is 4. The summed E-state index contributed by atoms with van der Waals surface area (Å²) in [5.74, 6) is 0. The van der Waals surface area contributed by atoms with E-state index < -0.39 is 0 Å². The first-order valence-corrected chi connectivity index (χ1v) is 6.48. The Morgan fingerprint density at radius 3 is 2.39 bits per heavy atom. The van der Waals surface area contributed by atoms with Crippen molar-refractivity contribution in [3.05, 3.63) is 34.4 Å². The summed E-state index contributed by atoms with van der Waals surface area (Å²) in [5, 5.41) is 13.1. The van der Waals surface area contributed by atoms with Gasteiger partial charge in [-0.1, -0.05) is 12.1 Å². The van der Waals surface area contributed by atoms with Gasteiger partial charge in [0, 0.05) is 6.04 Å². The van der Waals surface area contributed by atoms with E-state index in [4.69, 9.17) is 4.74 Å². The molecule has 1 saturated heterocycles. The molecule has 100 valence electrons. The summed E-state index contributed by atoms with van der Waals surface area (Å²) in [6.07, 6.45) is 0. The maximum absolute atomic E-state index is 9.69. The topological polar surface area (TPSA) is 41.5 Å². The summed E-state index contributed by atoms with van der Waals surface area (Å²) in [4.78, 5) is 0. The molecule has 1 aromatic rings. The zero-order valence-electron chi connectivity index (χ0n) is 11.7. The van der Waals surface area contributed by atoms with Gasteiger partial charge >= 0.3 is 0 Å². The number of benzene rings is 1. The van der Waals surface area contributed by atoms with Gasteiger partial charge in [-0.2, -0.15) is 0 Å². The number of aryl methyl sites for hydroxylation is 1. The lowest BCUT2D eigenvalue weighted by Gasteiger charge is -2.46. The second-order valence-corrected chi connectivity index (χ2v) is 5.46. The van der Waals surface area contributed by atoms with Crippen LogP contribution in [0.3, 0.4) is 0 Å². The first-order chi connectivity index (χ1) is 8.55. The molecule has 3 heteroatoms. The van der Waals surface area contributed by atoms with E-state index in [0.717, 1.165) is 0 Å². The number of hydrogen-bond donors (Lipinski definition) is 2. The van der Waals surface area contributed by atoms with Gasteiger partial charge in [-0.05, 0) is 50.1 Å². The van der Waals surface area contributed by atoms with Crippen LogP contribution in [0.4, 0.5) is 0 Å². The van der Waals surface area contributed by atoms with E-state index >= 15 is 0 Å². The molecule has 0 aliphatic carbocycles. The van der Waals surface area contributed by atoms with E-state index in [1.165, 1.54) is 22.3 Å². The lowest BCUT2D eigenvalue weighted by Crippen LogP contribution is -2.53. The molecule has 0 spiro atoms. The van der Waals surface area contributed by atoms with Crippen LogP contribution in [-0.2, 0) is 4.74 Å². The summed E-state index contributed by atoms with van der Waals surface area (Å²) in [6.45, 7) is 7.86. The highest BCUT2D eigenvalue weighted by Crippen LogP contribution is 2.41. The lowest BCUT2D eigenvalue weighted by molar-refractivity contribution is -0.155. The molecule has 1 atom stereocenters. The Morgan fingerprint density at radius 1 is 1.28 bits per heavy atom. The van der Waals surface area contributed by atoms with Crippen LogP contribution in [-0.4, -0.2) is 32.0 Å². The van der Waals surface area contributed by atoms with Crippen molar-refractivity contribution in [1.29, 1.82) is 0 Å². The molecule has 1 heterocycles. The molecule has 2 rings (SSSR count). The van der Waals surface area contributed by atoms with E-state index in [1.54, 1.807) is 0 Å². The molecule has 18 heavy (non-hydrogen) atoms. The van der Waals surface area contributed by atoms with Crippen LogP contribution >= 0.6 is 0 Å². The van der Waals surface area contributed by atoms with Gasteiger partial charge in [-0.3, -0.25) is 0 Å². The molecule has 1 unspecified atom stereocenters. The third-order valence-corrected chi connectivity index (χ3v) is 4.41. The fraction of sp³-hybridized carbons (Fsp3) is 0.600. The van der Waals surface area contributed by atoms with Gasteiger partial charge in [-0.15, -0.1) is 0 Å². The molecule has 2 N–H and O–H groups in total.